The molecule has 0 spiro atoms. The number of rotatable bonds is 1. The Labute approximate surface area is 104 Å². The van der Waals surface area contributed by atoms with Gasteiger partial charge in [-0.05, 0) is 17.6 Å². The van der Waals surface area contributed by atoms with Crippen LogP contribution in [0, 0.1) is 5.82 Å². The number of halogens is 1. The van der Waals surface area contributed by atoms with Gasteiger partial charge in [0.05, 0.1) is 5.69 Å². The molecule has 1 aromatic carbocycles. The van der Waals surface area contributed by atoms with Gasteiger partial charge >= 0.3 is 0 Å². The highest BCUT2D eigenvalue weighted by Gasteiger charge is 2.10. The van der Waals surface area contributed by atoms with Crippen molar-refractivity contribution in [3.05, 3.63) is 42.3 Å². The standard InChI is InChI=1S/C12H8BFN4/c13-8-6-16-18-11(15)5-10(17-12(8)18)7-3-1-2-4-9(7)14/h1-6H,15H2. The molecule has 4 nitrogen and oxygen atoms in total. The maximum atomic E-state index is 13.7. The van der Waals surface area contributed by atoms with Gasteiger partial charge in [0.1, 0.15) is 19.5 Å². The normalized spacial score (nSPS) is 10.9. The number of aromatic nitrogens is 3. The number of fused-ring (bicyclic) bond motifs is 1. The summed E-state index contributed by atoms with van der Waals surface area (Å²) in [5.41, 5.74) is 7.48. The van der Waals surface area contributed by atoms with Crippen LogP contribution in [0.3, 0.4) is 0 Å². The first-order valence-electron chi connectivity index (χ1n) is 5.31. The highest BCUT2D eigenvalue weighted by atomic mass is 19.1. The van der Waals surface area contributed by atoms with Crippen molar-refractivity contribution in [3.63, 3.8) is 0 Å². The SMILES string of the molecule is [B]c1cnn2c(N)cc(-c3ccccc3F)nc12. The molecule has 0 amide bonds. The second-order valence-corrected chi connectivity index (χ2v) is 3.88. The predicted octanol–water partition coefficient (Wildman–Crippen LogP) is 0.911. The molecule has 0 unspecified atom stereocenters. The Morgan fingerprint density at radius 3 is 2.83 bits per heavy atom. The number of hydrogen-bond donors (Lipinski definition) is 1. The van der Waals surface area contributed by atoms with Crippen LogP contribution in [0.15, 0.2) is 36.5 Å². The zero-order chi connectivity index (χ0) is 12.7. The molecule has 2 N–H and O–H groups in total. The Morgan fingerprint density at radius 2 is 2.06 bits per heavy atom. The van der Waals surface area contributed by atoms with Crippen molar-refractivity contribution < 1.29 is 4.39 Å². The highest BCUT2D eigenvalue weighted by Crippen LogP contribution is 2.22. The number of anilines is 1. The molecule has 2 radical (unpaired) electrons. The van der Waals surface area contributed by atoms with Crippen LogP contribution in [-0.2, 0) is 0 Å². The van der Waals surface area contributed by atoms with Crippen molar-refractivity contribution in [3.8, 4) is 11.3 Å². The molecule has 0 aliphatic carbocycles. The molecule has 0 fully saturated rings. The molecule has 3 aromatic rings. The molecule has 6 heteroatoms. The fourth-order valence-electron chi connectivity index (χ4n) is 1.81. The molecule has 0 aliphatic rings. The number of nitrogens with two attached hydrogens (primary N) is 1. The van der Waals surface area contributed by atoms with Crippen molar-refractivity contribution in [2.24, 2.45) is 0 Å². The monoisotopic (exact) mass is 238 g/mol. The summed E-state index contributed by atoms with van der Waals surface area (Å²) in [4.78, 5) is 4.28. The van der Waals surface area contributed by atoms with Crippen LogP contribution >= 0.6 is 0 Å². The van der Waals surface area contributed by atoms with Gasteiger partial charge in [-0.1, -0.05) is 12.1 Å². The summed E-state index contributed by atoms with van der Waals surface area (Å²) in [6.45, 7) is 0. The van der Waals surface area contributed by atoms with Gasteiger partial charge in [0, 0.05) is 17.8 Å². The molecule has 86 valence electrons. The number of nitrogen functional groups attached to an aromatic ring is 1. The summed E-state index contributed by atoms with van der Waals surface area (Å²) in [7, 11) is 5.73. The quantitative estimate of drug-likeness (QED) is 0.641. The molecule has 0 saturated carbocycles. The Morgan fingerprint density at radius 1 is 1.28 bits per heavy atom. The molecule has 0 bridgehead atoms. The van der Waals surface area contributed by atoms with Gasteiger partial charge in [0.2, 0.25) is 0 Å². The Balaban J connectivity index is 2.31. The first-order chi connectivity index (χ1) is 8.66. The largest absolute Gasteiger partial charge is 0.384 e. The van der Waals surface area contributed by atoms with Gasteiger partial charge in [0.25, 0.3) is 0 Å². The average Bonchev–Trinajstić information content (AvgIpc) is 2.72. The first kappa shape index (κ1) is 10.8. The lowest BCUT2D eigenvalue weighted by molar-refractivity contribution is 0.630. The van der Waals surface area contributed by atoms with E-state index in [9.17, 15) is 4.39 Å². The van der Waals surface area contributed by atoms with Crippen LogP contribution < -0.4 is 11.2 Å². The number of hydrogen-bond acceptors (Lipinski definition) is 3. The van der Waals surface area contributed by atoms with Gasteiger partial charge in [-0.15, -0.1) is 0 Å². The molecular weight excluding hydrogens is 230 g/mol. The smallest absolute Gasteiger partial charge is 0.150 e. The van der Waals surface area contributed by atoms with Crippen LogP contribution in [0.2, 0.25) is 0 Å². The number of nitrogens with zero attached hydrogens (tertiary/aromatic N) is 3. The maximum absolute atomic E-state index is 13.7. The van der Waals surface area contributed by atoms with Crippen molar-refractivity contribution in [2.75, 3.05) is 5.73 Å². The van der Waals surface area contributed by atoms with E-state index in [0.717, 1.165) is 0 Å². The molecule has 3 rings (SSSR count). The molecular formula is C12H8BFN4. The Bertz CT molecular complexity index is 738. The third-order valence-corrected chi connectivity index (χ3v) is 2.68. The van der Waals surface area contributed by atoms with E-state index in [1.54, 1.807) is 24.3 Å². The van der Waals surface area contributed by atoms with E-state index in [-0.39, 0.29) is 5.82 Å². The fraction of sp³-hybridized carbons (Fsp3) is 0. The average molecular weight is 238 g/mol. The minimum atomic E-state index is -0.355. The highest BCUT2D eigenvalue weighted by molar-refractivity contribution is 6.36. The van der Waals surface area contributed by atoms with Crippen LogP contribution in [-0.4, -0.2) is 22.4 Å². The van der Waals surface area contributed by atoms with Crippen LogP contribution in [0.4, 0.5) is 10.2 Å². The summed E-state index contributed by atoms with van der Waals surface area (Å²) in [5, 5.41) is 3.99. The zero-order valence-electron chi connectivity index (χ0n) is 9.34. The molecule has 0 atom stereocenters. The lowest BCUT2D eigenvalue weighted by Crippen LogP contribution is -2.07. The van der Waals surface area contributed by atoms with Crippen LogP contribution in [0.25, 0.3) is 16.9 Å². The number of benzene rings is 1. The summed E-state index contributed by atoms with van der Waals surface area (Å²) < 4.78 is 15.1. The van der Waals surface area contributed by atoms with Crippen molar-refractivity contribution >= 4 is 24.8 Å². The van der Waals surface area contributed by atoms with Crippen molar-refractivity contribution in [1.82, 2.24) is 14.6 Å². The van der Waals surface area contributed by atoms with Gasteiger partial charge in [-0.3, -0.25) is 0 Å². The fourth-order valence-corrected chi connectivity index (χ4v) is 1.81. The topological polar surface area (TPSA) is 56.2 Å². The van der Waals surface area contributed by atoms with Crippen LogP contribution in [0.5, 0.6) is 0 Å². The molecule has 2 heterocycles. The molecule has 0 aliphatic heterocycles. The summed E-state index contributed by atoms with van der Waals surface area (Å²) in [6, 6.07) is 7.93. The maximum Gasteiger partial charge on any atom is 0.150 e. The third kappa shape index (κ3) is 1.54. The second-order valence-electron chi connectivity index (χ2n) is 3.88. The van der Waals surface area contributed by atoms with E-state index in [2.05, 4.69) is 10.1 Å². The summed E-state index contributed by atoms with van der Waals surface area (Å²) in [5.74, 6) is 0.00166. The van der Waals surface area contributed by atoms with E-state index in [1.807, 2.05) is 0 Å². The van der Waals surface area contributed by atoms with Crippen molar-refractivity contribution in [1.29, 1.82) is 0 Å². The minimum Gasteiger partial charge on any atom is -0.384 e. The van der Waals surface area contributed by atoms with Gasteiger partial charge in [-0.25, -0.2) is 13.9 Å². The molecule has 0 saturated heterocycles. The Kier molecular flexibility index (Phi) is 2.29. The van der Waals surface area contributed by atoms with Crippen LogP contribution in [0.1, 0.15) is 0 Å². The first-order valence-corrected chi connectivity index (χ1v) is 5.31. The van der Waals surface area contributed by atoms with E-state index in [4.69, 9.17) is 13.6 Å². The van der Waals surface area contributed by atoms with Gasteiger partial charge in [-0.2, -0.15) is 5.10 Å². The minimum absolute atomic E-state index is 0.355. The summed E-state index contributed by atoms with van der Waals surface area (Å²) >= 11 is 0. The van der Waals surface area contributed by atoms with E-state index >= 15 is 0 Å². The van der Waals surface area contributed by atoms with Crippen molar-refractivity contribution in [2.45, 2.75) is 0 Å². The predicted molar refractivity (Wildman–Crippen MR) is 68.2 cm³/mol. The lowest BCUT2D eigenvalue weighted by Gasteiger charge is -2.06. The van der Waals surface area contributed by atoms with E-state index < -0.39 is 0 Å². The summed E-state index contributed by atoms with van der Waals surface area (Å²) in [6.07, 6.45) is 1.46. The molecule has 2 aromatic heterocycles. The van der Waals surface area contributed by atoms with E-state index in [0.29, 0.717) is 28.2 Å². The van der Waals surface area contributed by atoms with Gasteiger partial charge < -0.3 is 5.73 Å². The van der Waals surface area contributed by atoms with Gasteiger partial charge in [0.15, 0.2) is 5.65 Å². The second kappa shape index (κ2) is 3.84. The molecule has 18 heavy (non-hydrogen) atoms. The zero-order valence-corrected chi connectivity index (χ0v) is 9.34. The van der Waals surface area contributed by atoms with E-state index in [1.165, 1.54) is 16.8 Å². The Hall–Kier alpha value is -2.37. The third-order valence-electron chi connectivity index (χ3n) is 2.68. The lowest BCUT2D eigenvalue weighted by atomic mass is 10.0.